The first-order valence-electron chi connectivity index (χ1n) is 8.57. The third-order valence-electron chi connectivity index (χ3n) is 4.71. The van der Waals surface area contributed by atoms with Crippen molar-refractivity contribution in [1.82, 2.24) is 4.90 Å². The third kappa shape index (κ3) is 3.46. The van der Waals surface area contributed by atoms with Crippen LogP contribution in [0.5, 0.6) is 0 Å². The summed E-state index contributed by atoms with van der Waals surface area (Å²) < 4.78 is 0. The van der Waals surface area contributed by atoms with E-state index in [1.807, 2.05) is 4.90 Å². The zero-order valence-corrected chi connectivity index (χ0v) is 14.6. The highest BCUT2D eigenvalue weighted by Crippen LogP contribution is 2.25. The summed E-state index contributed by atoms with van der Waals surface area (Å²) in [4.78, 5) is 27.0. The Kier molecular flexibility index (Phi) is 5.19. The number of hydrogen-bond donors (Lipinski definition) is 0. The highest BCUT2D eigenvalue weighted by Gasteiger charge is 2.32. The second-order valence-electron chi connectivity index (χ2n) is 6.29. The molecule has 1 aromatic carbocycles. The summed E-state index contributed by atoms with van der Waals surface area (Å²) in [6.45, 7) is 2.90. The summed E-state index contributed by atoms with van der Waals surface area (Å²) in [6.07, 6.45) is 4.93. The largest absolute Gasteiger partial charge is 0.335 e. The lowest BCUT2D eigenvalue weighted by atomic mass is 9.98. The van der Waals surface area contributed by atoms with Crippen LogP contribution in [-0.2, 0) is 9.59 Å². The Morgan fingerprint density at radius 2 is 2.00 bits per heavy atom. The van der Waals surface area contributed by atoms with Gasteiger partial charge in [0.05, 0.1) is 5.69 Å². The molecule has 2 aliphatic rings. The Hall–Kier alpha value is -1.88. The van der Waals surface area contributed by atoms with Crippen molar-refractivity contribution in [2.45, 2.75) is 51.5 Å². The lowest BCUT2D eigenvalue weighted by molar-refractivity contribution is -0.127. The van der Waals surface area contributed by atoms with Gasteiger partial charge in [0.2, 0.25) is 5.91 Å². The van der Waals surface area contributed by atoms with E-state index < -0.39 is 0 Å². The highest BCUT2D eigenvalue weighted by molar-refractivity contribution is 6.40. The molecule has 0 N–H and O–H groups in total. The topological polar surface area (TPSA) is 53.0 Å². The Balaban J connectivity index is 1.84. The van der Waals surface area contributed by atoms with Crippen LogP contribution in [0.2, 0.25) is 5.02 Å². The number of likely N-dealkylation sites (tertiary alicyclic amines) is 1. The maximum atomic E-state index is 12.9. The number of hydrazone groups is 1. The van der Waals surface area contributed by atoms with E-state index in [1.165, 1.54) is 11.4 Å². The lowest BCUT2D eigenvalue weighted by Gasteiger charge is -2.36. The molecule has 0 aromatic heterocycles. The van der Waals surface area contributed by atoms with Crippen LogP contribution in [0, 0.1) is 0 Å². The number of amides is 2. The number of halogens is 1. The highest BCUT2D eigenvalue weighted by atomic mass is 35.5. The van der Waals surface area contributed by atoms with Crippen molar-refractivity contribution in [3.05, 3.63) is 29.3 Å². The average Bonchev–Trinajstić information content (AvgIpc) is 2.62. The van der Waals surface area contributed by atoms with Crippen molar-refractivity contribution in [2.75, 3.05) is 11.6 Å². The standard InChI is InChI=1S/C18H22ClN3O2/c1-2-14-5-3-4-12-21(14)18(24)16-10-11-17(23)22(20-16)15-8-6-13(19)7-9-15/h6-9,14H,2-5,10-12H2,1H3/t14-/m0/s1. The molecule has 1 aromatic rings. The Morgan fingerprint density at radius 1 is 1.25 bits per heavy atom. The number of piperidine rings is 1. The molecule has 0 unspecified atom stereocenters. The fourth-order valence-corrected chi connectivity index (χ4v) is 3.48. The van der Waals surface area contributed by atoms with Crippen LogP contribution in [-0.4, -0.2) is 35.0 Å². The molecule has 1 saturated heterocycles. The van der Waals surface area contributed by atoms with Gasteiger partial charge in [0.25, 0.3) is 5.91 Å². The van der Waals surface area contributed by atoms with Crippen molar-refractivity contribution in [3.63, 3.8) is 0 Å². The van der Waals surface area contributed by atoms with Gasteiger partial charge in [-0.15, -0.1) is 0 Å². The molecule has 0 spiro atoms. The van der Waals surface area contributed by atoms with Gasteiger partial charge in [-0.3, -0.25) is 9.59 Å². The van der Waals surface area contributed by atoms with Crippen molar-refractivity contribution in [3.8, 4) is 0 Å². The Morgan fingerprint density at radius 3 is 2.71 bits per heavy atom. The fourth-order valence-electron chi connectivity index (χ4n) is 3.35. The normalized spacial score (nSPS) is 21.7. The molecule has 128 valence electrons. The van der Waals surface area contributed by atoms with Crippen molar-refractivity contribution in [1.29, 1.82) is 0 Å². The first kappa shape index (κ1) is 17.0. The van der Waals surface area contributed by atoms with E-state index in [-0.39, 0.29) is 17.9 Å². The predicted molar refractivity (Wildman–Crippen MR) is 95.3 cm³/mol. The van der Waals surface area contributed by atoms with E-state index >= 15 is 0 Å². The monoisotopic (exact) mass is 347 g/mol. The summed E-state index contributed by atoms with van der Waals surface area (Å²) in [5, 5.41) is 6.30. The van der Waals surface area contributed by atoms with Gasteiger partial charge in [-0.25, -0.2) is 5.01 Å². The molecule has 6 heteroatoms. The minimum atomic E-state index is -0.0976. The minimum absolute atomic E-state index is 0.0204. The van der Waals surface area contributed by atoms with Crippen molar-refractivity contribution in [2.24, 2.45) is 5.10 Å². The molecule has 2 heterocycles. The minimum Gasteiger partial charge on any atom is -0.335 e. The molecule has 0 bridgehead atoms. The Bertz CT molecular complexity index is 657. The molecule has 3 rings (SSSR count). The van der Waals surface area contributed by atoms with Crippen LogP contribution < -0.4 is 5.01 Å². The van der Waals surface area contributed by atoms with E-state index in [1.54, 1.807) is 24.3 Å². The van der Waals surface area contributed by atoms with Gasteiger partial charge in [0.15, 0.2) is 0 Å². The summed E-state index contributed by atoms with van der Waals surface area (Å²) in [5.74, 6) is -0.118. The molecule has 0 radical (unpaired) electrons. The maximum Gasteiger partial charge on any atom is 0.270 e. The summed E-state index contributed by atoms with van der Waals surface area (Å²) >= 11 is 5.90. The molecule has 0 saturated carbocycles. The SMILES string of the molecule is CC[C@H]1CCCCN1C(=O)C1=NN(c2ccc(Cl)cc2)C(=O)CC1. The lowest BCUT2D eigenvalue weighted by Crippen LogP contribution is -2.48. The summed E-state index contributed by atoms with van der Waals surface area (Å²) in [6, 6.07) is 7.21. The van der Waals surface area contributed by atoms with Gasteiger partial charge < -0.3 is 4.90 Å². The van der Waals surface area contributed by atoms with Crippen molar-refractivity contribution >= 4 is 34.8 Å². The first-order valence-corrected chi connectivity index (χ1v) is 8.95. The van der Waals surface area contributed by atoms with Crippen molar-refractivity contribution < 1.29 is 9.59 Å². The fraction of sp³-hybridized carbons (Fsp3) is 0.500. The number of carbonyl (C=O) groups is 2. The number of benzene rings is 1. The second-order valence-corrected chi connectivity index (χ2v) is 6.72. The molecule has 1 atom stereocenters. The predicted octanol–water partition coefficient (Wildman–Crippen LogP) is 3.61. The van der Waals surface area contributed by atoms with Gasteiger partial charge in [-0.05, 0) is 49.9 Å². The third-order valence-corrected chi connectivity index (χ3v) is 4.96. The van der Waals surface area contributed by atoms with Crippen LogP contribution in [0.3, 0.4) is 0 Å². The molecule has 0 aliphatic carbocycles. The number of hydrogen-bond acceptors (Lipinski definition) is 3. The van der Waals surface area contributed by atoms with Gasteiger partial charge in [-0.2, -0.15) is 5.10 Å². The molecular formula is C18H22ClN3O2. The zero-order chi connectivity index (χ0) is 17.1. The summed E-state index contributed by atoms with van der Waals surface area (Å²) in [5.41, 5.74) is 1.12. The van der Waals surface area contributed by atoms with Crippen LogP contribution in [0.15, 0.2) is 29.4 Å². The number of carbonyl (C=O) groups excluding carboxylic acids is 2. The van der Waals surface area contributed by atoms with E-state index in [0.29, 0.717) is 29.3 Å². The number of rotatable bonds is 3. The Labute approximate surface area is 147 Å². The summed E-state index contributed by atoms with van der Waals surface area (Å²) in [7, 11) is 0. The maximum absolute atomic E-state index is 12.9. The van der Waals surface area contributed by atoms with E-state index in [0.717, 1.165) is 25.8 Å². The van der Waals surface area contributed by atoms with Gasteiger partial charge in [0, 0.05) is 30.5 Å². The molecule has 24 heavy (non-hydrogen) atoms. The quantitative estimate of drug-likeness (QED) is 0.838. The van der Waals surface area contributed by atoms with E-state index in [9.17, 15) is 9.59 Å². The van der Waals surface area contributed by atoms with Crippen LogP contribution >= 0.6 is 11.6 Å². The van der Waals surface area contributed by atoms with Crippen LogP contribution in [0.25, 0.3) is 0 Å². The van der Waals surface area contributed by atoms with Gasteiger partial charge in [-0.1, -0.05) is 18.5 Å². The van der Waals surface area contributed by atoms with Crippen LogP contribution in [0.1, 0.15) is 45.4 Å². The molecular weight excluding hydrogens is 326 g/mol. The average molecular weight is 348 g/mol. The van der Waals surface area contributed by atoms with Gasteiger partial charge >= 0.3 is 0 Å². The van der Waals surface area contributed by atoms with Gasteiger partial charge in [0.1, 0.15) is 5.71 Å². The number of nitrogens with zero attached hydrogens (tertiary/aromatic N) is 3. The molecule has 2 amide bonds. The second kappa shape index (κ2) is 7.34. The molecule has 2 aliphatic heterocycles. The van der Waals surface area contributed by atoms with E-state index in [2.05, 4.69) is 12.0 Å². The smallest absolute Gasteiger partial charge is 0.270 e. The molecule has 5 nitrogen and oxygen atoms in total. The number of anilines is 1. The molecule has 1 fully saturated rings. The zero-order valence-electron chi connectivity index (χ0n) is 13.9. The van der Waals surface area contributed by atoms with E-state index in [4.69, 9.17) is 11.6 Å². The first-order chi connectivity index (χ1) is 11.6. The van der Waals surface area contributed by atoms with Crippen LogP contribution in [0.4, 0.5) is 5.69 Å².